The SMILES string of the molecule is O=C(O)CC[C@@H]1c2ccccc2CC1NC(=O)c1cc2cc(Cl)sc2[nH]1. The highest BCUT2D eigenvalue weighted by molar-refractivity contribution is 7.22. The van der Waals surface area contributed by atoms with E-state index in [-0.39, 0.29) is 24.3 Å². The van der Waals surface area contributed by atoms with Crippen molar-refractivity contribution in [3.05, 3.63) is 57.6 Å². The highest BCUT2D eigenvalue weighted by Crippen LogP contribution is 2.37. The summed E-state index contributed by atoms with van der Waals surface area (Å²) in [4.78, 5) is 27.7. The summed E-state index contributed by atoms with van der Waals surface area (Å²) in [6.45, 7) is 0. The molecule has 0 spiro atoms. The molecule has 1 unspecified atom stereocenters. The lowest BCUT2D eigenvalue weighted by Gasteiger charge is -2.21. The number of carbonyl (C=O) groups is 2. The van der Waals surface area contributed by atoms with Gasteiger partial charge in [0.2, 0.25) is 0 Å². The maximum atomic E-state index is 12.7. The molecule has 1 aliphatic rings. The van der Waals surface area contributed by atoms with Crippen molar-refractivity contribution in [1.29, 1.82) is 0 Å². The van der Waals surface area contributed by atoms with Crippen LogP contribution in [0, 0.1) is 0 Å². The molecule has 2 aromatic heterocycles. The van der Waals surface area contributed by atoms with E-state index in [0.717, 1.165) is 15.8 Å². The first-order valence-electron chi connectivity index (χ1n) is 8.40. The zero-order valence-corrected chi connectivity index (χ0v) is 15.4. The number of nitrogens with one attached hydrogen (secondary N) is 2. The molecule has 7 heteroatoms. The molecule has 0 saturated heterocycles. The van der Waals surface area contributed by atoms with Gasteiger partial charge in [-0.05, 0) is 36.1 Å². The lowest BCUT2D eigenvalue weighted by atomic mass is 9.93. The van der Waals surface area contributed by atoms with E-state index in [2.05, 4.69) is 10.3 Å². The van der Waals surface area contributed by atoms with Crippen LogP contribution in [0.25, 0.3) is 10.2 Å². The van der Waals surface area contributed by atoms with E-state index >= 15 is 0 Å². The Labute approximate surface area is 159 Å². The number of thiophene rings is 1. The van der Waals surface area contributed by atoms with E-state index in [9.17, 15) is 9.59 Å². The predicted molar refractivity (Wildman–Crippen MR) is 102 cm³/mol. The lowest BCUT2D eigenvalue weighted by molar-refractivity contribution is -0.137. The first-order valence-corrected chi connectivity index (χ1v) is 9.59. The van der Waals surface area contributed by atoms with Gasteiger partial charge in [0.05, 0.1) is 4.34 Å². The first kappa shape index (κ1) is 17.1. The van der Waals surface area contributed by atoms with Gasteiger partial charge < -0.3 is 15.4 Å². The molecule has 5 nitrogen and oxygen atoms in total. The summed E-state index contributed by atoms with van der Waals surface area (Å²) < 4.78 is 0.679. The maximum Gasteiger partial charge on any atom is 0.303 e. The molecule has 26 heavy (non-hydrogen) atoms. The second-order valence-electron chi connectivity index (χ2n) is 6.54. The van der Waals surface area contributed by atoms with Crippen molar-refractivity contribution in [3.8, 4) is 0 Å². The smallest absolute Gasteiger partial charge is 0.303 e. The Kier molecular flexibility index (Phi) is 4.46. The highest BCUT2D eigenvalue weighted by atomic mass is 35.5. The van der Waals surface area contributed by atoms with Crippen LogP contribution in [0.3, 0.4) is 0 Å². The Bertz CT molecular complexity index is 962. The number of carbonyl (C=O) groups excluding carboxylic acids is 1. The van der Waals surface area contributed by atoms with Gasteiger partial charge in [-0.1, -0.05) is 35.9 Å². The average Bonchev–Trinajstić information content (AvgIpc) is 3.23. The van der Waals surface area contributed by atoms with Crippen molar-refractivity contribution >= 4 is 45.0 Å². The maximum absolute atomic E-state index is 12.7. The lowest BCUT2D eigenvalue weighted by Crippen LogP contribution is -2.38. The van der Waals surface area contributed by atoms with Crippen LogP contribution < -0.4 is 5.32 Å². The topological polar surface area (TPSA) is 82.2 Å². The molecule has 2 atom stereocenters. The molecule has 0 bridgehead atoms. The molecule has 0 saturated carbocycles. The summed E-state index contributed by atoms with van der Waals surface area (Å²) >= 11 is 7.37. The standard InChI is InChI=1S/C19H17ClN2O3S/c20-16-9-11-8-15(22-19(11)26-16)18(25)21-14-7-10-3-1-2-4-12(10)13(14)5-6-17(23)24/h1-4,8-9,13-14,22H,5-7H2,(H,21,25)(H,23,24)/t13-,14?/m1/s1. The van der Waals surface area contributed by atoms with Crippen molar-refractivity contribution in [2.24, 2.45) is 0 Å². The van der Waals surface area contributed by atoms with Gasteiger partial charge in [-0.25, -0.2) is 0 Å². The quantitative estimate of drug-likeness (QED) is 0.613. The van der Waals surface area contributed by atoms with Gasteiger partial charge in [0.25, 0.3) is 5.91 Å². The van der Waals surface area contributed by atoms with Crippen molar-refractivity contribution in [3.63, 3.8) is 0 Å². The number of hydrogen-bond acceptors (Lipinski definition) is 3. The average molecular weight is 389 g/mol. The minimum Gasteiger partial charge on any atom is -0.481 e. The molecule has 0 fully saturated rings. The zero-order valence-electron chi connectivity index (χ0n) is 13.8. The summed E-state index contributed by atoms with van der Waals surface area (Å²) in [7, 11) is 0. The fourth-order valence-corrected chi connectivity index (χ4v) is 4.85. The monoisotopic (exact) mass is 388 g/mol. The van der Waals surface area contributed by atoms with Crippen molar-refractivity contribution in [1.82, 2.24) is 10.3 Å². The van der Waals surface area contributed by atoms with Gasteiger partial charge in [-0.15, -0.1) is 11.3 Å². The molecule has 3 N–H and O–H groups in total. The van der Waals surface area contributed by atoms with Crippen LogP contribution in [0.5, 0.6) is 0 Å². The number of carboxylic acids is 1. The fraction of sp³-hybridized carbons (Fsp3) is 0.263. The van der Waals surface area contributed by atoms with Gasteiger partial charge in [0.1, 0.15) is 10.5 Å². The van der Waals surface area contributed by atoms with E-state index in [1.807, 2.05) is 30.3 Å². The Morgan fingerprint density at radius 2 is 2.12 bits per heavy atom. The largest absolute Gasteiger partial charge is 0.481 e. The minimum absolute atomic E-state index is 0.0109. The van der Waals surface area contributed by atoms with Crippen molar-refractivity contribution in [2.75, 3.05) is 0 Å². The number of carboxylic acid groups (broad SMARTS) is 1. The normalized spacial score (nSPS) is 18.8. The Morgan fingerprint density at radius 1 is 1.31 bits per heavy atom. The molecule has 1 aromatic carbocycles. The molecule has 2 heterocycles. The molecule has 3 aromatic rings. The van der Waals surface area contributed by atoms with E-state index < -0.39 is 5.97 Å². The summed E-state index contributed by atoms with van der Waals surface area (Å²) in [6.07, 6.45) is 1.31. The van der Waals surface area contributed by atoms with Crippen LogP contribution in [0.2, 0.25) is 4.34 Å². The van der Waals surface area contributed by atoms with E-state index in [4.69, 9.17) is 16.7 Å². The van der Waals surface area contributed by atoms with Crippen LogP contribution in [-0.2, 0) is 11.2 Å². The number of hydrogen-bond donors (Lipinski definition) is 3. The number of aromatic amines is 1. The summed E-state index contributed by atoms with van der Waals surface area (Å²) in [5, 5.41) is 13.1. The third-order valence-electron chi connectivity index (χ3n) is 4.89. The number of H-pyrrole nitrogens is 1. The van der Waals surface area contributed by atoms with Crippen LogP contribution in [0.1, 0.15) is 40.4 Å². The number of aliphatic carboxylic acids is 1. The number of fused-ring (bicyclic) bond motifs is 2. The van der Waals surface area contributed by atoms with Gasteiger partial charge in [0.15, 0.2) is 0 Å². The number of aromatic nitrogens is 1. The zero-order chi connectivity index (χ0) is 18.3. The third-order valence-corrected chi connectivity index (χ3v) is 6.08. The highest BCUT2D eigenvalue weighted by Gasteiger charge is 2.33. The molecule has 1 aliphatic carbocycles. The van der Waals surface area contributed by atoms with Crippen LogP contribution >= 0.6 is 22.9 Å². The number of halogens is 1. The Morgan fingerprint density at radius 3 is 2.88 bits per heavy atom. The summed E-state index contributed by atoms with van der Waals surface area (Å²) in [5.74, 6) is -0.986. The number of amides is 1. The Balaban J connectivity index is 1.54. The molecule has 0 aliphatic heterocycles. The minimum atomic E-state index is -0.819. The van der Waals surface area contributed by atoms with E-state index in [1.54, 1.807) is 6.07 Å². The summed E-state index contributed by atoms with van der Waals surface area (Å²) in [5.41, 5.74) is 2.81. The molecule has 0 radical (unpaired) electrons. The molecular formula is C19H17ClN2O3S. The second-order valence-corrected chi connectivity index (χ2v) is 8.22. The van der Waals surface area contributed by atoms with Gasteiger partial charge in [-0.3, -0.25) is 9.59 Å². The first-order chi connectivity index (χ1) is 12.5. The molecule has 1 amide bonds. The van der Waals surface area contributed by atoms with E-state index in [0.29, 0.717) is 22.9 Å². The summed E-state index contributed by atoms with van der Waals surface area (Å²) in [6, 6.07) is 11.5. The fourth-order valence-electron chi connectivity index (χ4n) is 3.73. The van der Waals surface area contributed by atoms with Crippen LogP contribution in [0.4, 0.5) is 0 Å². The molecule has 4 rings (SSSR count). The third kappa shape index (κ3) is 3.22. The van der Waals surface area contributed by atoms with Crippen LogP contribution in [0.15, 0.2) is 36.4 Å². The Hall–Kier alpha value is -2.31. The van der Waals surface area contributed by atoms with Crippen molar-refractivity contribution in [2.45, 2.75) is 31.2 Å². The van der Waals surface area contributed by atoms with Crippen LogP contribution in [-0.4, -0.2) is 28.0 Å². The van der Waals surface area contributed by atoms with Gasteiger partial charge >= 0.3 is 5.97 Å². The molecule has 134 valence electrons. The van der Waals surface area contributed by atoms with Gasteiger partial charge in [0, 0.05) is 23.8 Å². The predicted octanol–water partition coefficient (Wildman–Crippen LogP) is 4.19. The number of benzene rings is 1. The van der Waals surface area contributed by atoms with E-state index in [1.165, 1.54) is 16.9 Å². The van der Waals surface area contributed by atoms with Crippen molar-refractivity contribution < 1.29 is 14.7 Å². The van der Waals surface area contributed by atoms with Gasteiger partial charge in [-0.2, -0.15) is 0 Å². The number of rotatable bonds is 5. The molecular weight excluding hydrogens is 372 g/mol. The second kappa shape index (κ2) is 6.78.